The van der Waals surface area contributed by atoms with Crippen molar-refractivity contribution in [1.82, 2.24) is 15.3 Å². The van der Waals surface area contributed by atoms with E-state index in [-0.39, 0.29) is 17.6 Å². The number of aliphatic carboxylic acids is 2. The van der Waals surface area contributed by atoms with Gasteiger partial charge in [0, 0.05) is 30.1 Å². The number of ether oxygens (including phenoxy) is 1. The van der Waals surface area contributed by atoms with Crippen LogP contribution in [0.3, 0.4) is 0 Å². The van der Waals surface area contributed by atoms with E-state index in [4.69, 9.17) is 14.9 Å². The molecule has 0 unspecified atom stereocenters. The van der Waals surface area contributed by atoms with Gasteiger partial charge in [-0.3, -0.25) is 0 Å². The van der Waals surface area contributed by atoms with Crippen molar-refractivity contribution in [3.05, 3.63) is 30.4 Å². The summed E-state index contributed by atoms with van der Waals surface area (Å²) in [6.07, 6.45) is 12.3. The molecule has 1 saturated carbocycles. The van der Waals surface area contributed by atoms with Gasteiger partial charge in [-0.25, -0.2) is 19.4 Å². The number of carbonyl (C=O) groups excluding carboxylic acids is 1. The first-order valence-corrected chi connectivity index (χ1v) is 9.43. The van der Waals surface area contributed by atoms with Gasteiger partial charge in [-0.1, -0.05) is 19.3 Å². The molecule has 10 nitrogen and oxygen atoms in total. The highest BCUT2D eigenvalue weighted by Gasteiger charge is 2.21. The average Bonchev–Trinajstić information content (AvgIpc) is 3.18. The minimum absolute atomic E-state index is 0. The van der Waals surface area contributed by atoms with Crippen LogP contribution in [0.5, 0.6) is 0 Å². The maximum Gasteiger partial charge on any atom is 0.407 e. The van der Waals surface area contributed by atoms with Crippen LogP contribution in [0, 0.1) is 5.92 Å². The Bertz CT molecular complexity index is 610. The van der Waals surface area contributed by atoms with Gasteiger partial charge in [0.25, 0.3) is 0 Å². The number of carbonyl (C=O) groups is 3. The Kier molecular flexibility index (Phi) is 13.6. The Labute approximate surface area is 169 Å². The van der Waals surface area contributed by atoms with Crippen molar-refractivity contribution in [3.8, 4) is 0 Å². The molecule has 0 aliphatic heterocycles. The molecule has 29 heavy (non-hydrogen) atoms. The van der Waals surface area contributed by atoms with Crippen LogP contribution in [-0.2, 0) is 20.7 Å². The predicted octanol–water partition coefficient (Wildman–Crippen LogP) is 1.92. The standard InChI is InChI=1S/C15H25N3O2.C4H4O4.H2O/c1-12(13-6-3-2-4-7-13)18-15(19)20-9-5-8-14-10-16-11-17-14;5-3(6)1-2-4(7)8;/h10-13H,2-9H2,1H3,(H,16,17)(H,18,19);1-2H,(H,5,6)(H,7,8);1H2/b;2-1+;/t12-;;/m0../s1. The highest BCUT2D eigenvalue weighted by atomic mass is 16.5. The SMILES string of the molecule is C[C@H](NC(=O)OCCCc1cnc[nH]1)C1CCCCC1.O.O=C(O)/C=C/C(=O)O. The van der Waals surface area contributed by atoms with E-state index in [9.17, 15) is 14.4 Å². The van der Waals surface area contributed by atoms with Crippen LogP contribution in [0.1, 0.15) is 51.1 Å². The molecule has 1 aliphatic rings. The van der Waals surface area contributed by atoms with E-state index < -0.39 is 11.9 Å². The quantitative estimate of drug-likeness (QED) is 0.372. The highest BCUT2D eigenvalue weighted by Crippen LogP contribution is 2.26. The number of alkyl carbamates (subject to hydrolysis) is 1. The van der Waals surface area contributed by atoms with Gasteiger partial charge in [0.05, 0.1) is 12.9 Å². The van der Waals surface area contributed by atoms with Gasteiger partial charge in [0.15, 0.2) is 0 Å². The summed E-state index contributed by atoms with van der Waals surface area (Å²) in [5.41, 5.74) is 1.07. The lowest BCUT2D eigenvalue weighted by Gasteiger charge is -2.27. The van der Waals surface area contributed by atoms with Crippen molar-refractivity contribution in [3.63, 3.8) is 0 Å². The summed E-state index contributed by atoms with van der Waals surface area (Å²) in [5, 5.41) is 18.6. The molecule has 2 rings (SSSR count). The van der Waals surface area contributed by atoms with Crippen molar-refractivity contribution in [2.75, 3.05) is 6.61 Å². The molecule has 0 spiro atoms. The van der Waals surface area contributed by atoms with Crippen molar-refractivity contribution in [2.24, 2.45) is 5.92 Å². The van der Waals surface area contributed by atoms with E-state index >= 15 is 0 Å². The van der Waals surface area contributed by atoms with Gasteiger partial charge in [-0.05, 0) is 38.5 Å². The smallest absolute Gasteiger partial charge is 0.407 e. The number of aromatic amines is 1. The monoisotopic (exact) mass is 413 g/mol. The molecule has 0 saturated heterocycles. The minimum Gasteiger partial charge on any atom is -0.478 e. The van der Waals surface area contributed by atoms with Gasteiger partial charge >= 0.3 is 18.0 Å². The number of carboxylic acid groups (broad SMARTS) is 2. The van der Waals surface area contributed by atoms with Gasteiger partial charge in [0.1, 0.15) is 0 Å². The number of imidazole rings is 1. The summed E-state index contributed by atoms with van der Waals surface area (Å²) < 4.78 is 5.22. The first-order chi connectivity index (χ1) is 13.4. The summed E-state index contributed by atoms with van der Waals surface area (Å²) in [7, 11) is 0. The van der Waals surface area contributed by atoms with Crippen molar-refractivity contribution in [2.45, 2.75) is 57.9 Å². The number of carboxylic acids is 2. The lowest BCUT2D eigenvalue weighted by atomic mass is 9.85. The minimum atomic E-state index is -1.26. The highest BCUT2D eigenvalue weighted by molar-refractivity contribution is 5.89. The number of aromatic nitrogens is 2. The molecule has 10 heteroatoms. The molecule has 0 radical (unpaired) electrons. The molecule has 1 aromatic rings. The summed E-state index contributed by atoms with van der Waals surface area (Å²) in [4.78, 5) is 37.8. The topological polar surface area (TPSA) is 173 Å². The van der Waals surface area contributed by atoms with E-state index in [1.54, 1.807) is 12.5 Å². The summed E-state index contributed by atoms with van der Waals surface area (Å²) in [6.45, 7) is 2.53. The summed E-state index contributed by atoms with van der Waals surface area (Å²) in [6, 6.07) is 0.218. The normalized spacial score (nSPS) is 14.8. The first-order valence-electron chi connectivity index (χ1n) is 9.43. The predicted molar refractivity (Wildman–Crippen MR) is 105 cm³/mol. The Morgan fingerprint density at radius 2 is 1.86 bits per heavy atom. The Morgan fingerprint density at radius 3 is 2.38 bits per heavy atom. The lowest BCUT2D eigenvalue weighted by molar-refractivity contribution is -0.134. The van der Waals surface area contributed by atoms with Crippen LogP contribution in [0.25, 0.3) is 0 Å². The molecule has 0 bridgehead atoms. The van der Waals surface area contributed by atoms with E-state index in [0.29, 0.717) is 24.7 Å². The number of H-pyrrole nitrogens is 1. The maximum absolute atomic E-state index is 11.7. The molecule has 1 fully saturated rings. The zero-order valence-electron chi connectivity index (χ0n) is 16.6. The van der Waals surface area contributed by atoms with E-state index in [1.807, 2.05) is 0 Å². The number of nitrogens with zero attached hydrogens (tertiary/aromatic N) is 1. The van der Waals surface area contributed by atoms with Crippen LogP contribution in [0.2, 0.25) is 0 Å². The van der Waals surface area contributed by atoms with Crippen molar-refractivity contribution in [1.29, 1.82) is 0 Å². The maximum atomic E-state index is 11.7. The molecule has 1 aliphatic carbocycles. The molecule has 0 aromatic carbocycles. The second kappa shape index (κ2) is 15.1. The first kappa shape index (κ1) is 26.1. The Balaban J connectivity index is 0.000000747. The fourth-order valence-corrected chi connectivity index (χ4v) is 2.97. The number of hydrogen-bond donors (Lipinski definition) is 4. The van der Waals surface area contributed by atoms with Crippen LogP contribution in [0.15, 0.2) is 24.7 Å². The zero-order valence-corrected chi connectivity index (χ0v) is 16.6. The molecular formula is C19H31N3O7. The summed E-state index contributed by atoms with van der Waals surface area (Å²) in [5.74, 6) is -1.90. The third-order valence-corrected chi connectivity index (χ3v) is 4.45. The van der Waals surface area contributed by atoms with E-state index in [2.05, 4.69) is 22.2 Å². The van der Waals surface area contributed by atoms with Crippen molar-refractivity contribution < 1.29 is 34.8 Å². The molecule has 6 N–H and O–H groups in total. The van der Waals surface area contributed by atoms with E-state index in [1.165, 1.54) is 32.1 Å². The second-order valence-electron chi connectivity index (χ2n) is 6.66. The molecular weight excluding hydrogens is 382 g/mol. The van der Waals surface area contributed by atoms with Crippen molar-refractivity contribution >= 4 is 18.0 Å². The number of aryl methyl sites for hydroxylation is 1. The molecule has 1 atom stereocenters. The second-order valence-corrected chi connectivity index (χ2v) is 6.66. The molecule has 1 aromatic heterocycles. The average molecular weight is 413 g/mol. The van der Waals surface area contributed by atoms with Crippen LogP contribution < -0.4 is 5.32 Å². The fraction of sp³-hybridized carbons (Fsp3) is 0.579. The fourth-order valence-electron chi connectivity index (χ4n) is 2.97. The van der Waals surface area contributed by atoms with Gasteiger partial charge in [0.2, 0.25) is 0 Å². The van der Waals surface area contributed by atoms with Crippen LogP contribution in [-0.4, -0.2) is 56.3 Å². The molecule has 1 amide bonds. The number of hydrogen-bond acceptors (Lipinski definition) is 5. The number of nitrogens with one attached hydrogen (secondary N) is 2. The third-order valence-electron chi connectivity index (χ3n) is 4.45. The van der Waals surface area contributed by atoms with E-state index in [0.717, 1.165) is 18.5 Å². The largest absolute Gasteiger partial charge is 0.478 e. The van der Waals surface area contributed by atoms with Crippen LogP contribution >= 0.6 is 0 Å². The number of amides is 1. The van der Waals surface area contributed by atoms with Gasteiger partial charge in [-0.15, -0.1) is 0 Å². The van der Waals surface area contributed by atoms with Crippen LogP contribution in [0.4, 0.5) is 4.79 Å². The zero-order chi connectivity index (χ0) is 20.8. The summed E-state index contributed by atoms with van der Waals surface area (Å²) >= 11 is 0. The molecule has 164 valence electrons. The third kappa shape index (κ3) is 13.0. The lowest BCUT2D eigenvalue weighted by Crippen LogP contribution is -2.39. The Morgan fingerprint density at radius 1 is 1.24 bits per heavy atom. The van der Waals surface area contributed by atoms with Gasteiger partial charge < -0.3 is 30.7 Å². The molecule has 1 heterocycles. The number of rotatable bonds is 8. The Hall–Kier alpha value is -2.88. The van der Waals surface area contributed by atoms with Gasteiger partial charge in [-0.2, -0.15) is 0 Å².